The molecule has 0 unspecified atom stereocenters. The monoisotopic (exact) mass is 350 g/mol. The zero-order chi connectivity index (χ0) is 17.4. The van der Waals surface area contributed by atoms with E-state index in [-0.39, 0.29) is 16.3 Å². The second kappa shape index (κ2) is 5.77. The van der Waals surface area contributed by atoms with Crippen molar-refractivity contribution in [2.24, 2.45) is 0 Å². The van der Waals surface area contributed by atoms with Crippen LogP contribution in [-0.2, 0) is 5.54 Å². The van der Waals surface area contributed by atoms with Gasteiger partial charge in [-0.3, -0.25) is 0 Å². The number of benzene rings is 2. The van der Waals surface area contributed by atoms with Crippen molar-refractivity contribution in [3.05, 3.63) is 64.7 Å². The topological polar surface area (TPSA) is 41.1 Å². The fraction of sp³-hybridized carbons (Fsp3) is 0.118. The first-order valence-corrected chi connectivity index (χ1v) is 7.24. The Morgan fingerprint density at radius 1 is 1.08 bits per heavy atom. The molecule has 0 radical (unpaired) electrons. The summed E-state index contributed by atoms with van der Waals surface area (Å²) in [7, 11) is 0. The molecule has 0 aromatic heterocycles. The Balaban J connectivity index is 2.23. The molecule has 2 N–H and O–H groups in total. The fourth-order valence-corrected chi connectivity index (χ4v) is 2.58. The molecule has 0 bridgehead atoms. The van der Waals surface area contributed by atoms with Gasteiger partial charge in [-0.15, -0.1) is 0 Å². The minimum atomic E-state index is -4.84. The molecule has 0 fully saturated rings. The number of hydrogen-bond acceptors (Lipinski definition) is 1. The summed E-state index contributed by atoms with van der Waals surface area (Å²) in [6.45, 7) is 0. The van der Waals surface area contributed by atoms with E-state index in [0.29, 0.717) is 5.56 Å². The van der Waals surface area contributed by atoms with Crippen LogP contribution in [0.3, 0.4) is 0 Å². The average Bonchev–Trinajstić information content (AvgIpc) is 2.53. The van der Waals surface area contributed by atoms with Crippen LogP contribution < -0.4 is 10.6 Å². The molecule has 1 aliphatic rings. The van der Waals surface area contributed by atoms with Crippen LogP contribution >= 0.6 is 11.6 Å². The van der Waals surface area contributed by atoms with Gasteiger partial charge in [0.1, 0.15) is 0 Å². The van der Waals surface area contributed by atoms with Gasteiger partial charge in [0.05, 0.1) is 0 Å². The quantitative estimate of drug-likeness (QED) is 0.684. The van der Waals surface area contributed by atoms with Crippen LogP contribution in [0.2, 0.25) is 5.02 Å². The largest absolute Gasteiger partial charge is 0.427 e. The van der Waals surface area contributed by atoms with Crippen molar-refractivity contribution in [3.8, 4) is 11.8 Å². The molecule has 1 aliphatic heterocycles. The lowest BCUT2D eigenvalue weighted by molar-refractivity contribution is -0.178. The maximum Gasteiger partial charge on any atom is 0.427 e. The minimum Gasteiger partial charge on any atom is -0.310 e. The van der Waals surface area contributed by atoms with Gasteiger partial charge < -0.3 is 10.6 Å². The second-order valence-corrected chi connectivity index (χ2v) is 5.57. The van der Waals surface area contributed by atoms with E-state index in [9.17, 15) is 18.0 Å². The number of nitrogens with one attached hydrogen (secondary N) is 2. The van der Waals surface area contributed by atoms with Crippen molar-refractivity contribution in [1.82, 2.24) is 5.32 Å². The Hall–Kier alpha value is -2.65. The summed E-state index contributed by atoms with van der Waals surface area (Å²) in [6, 6.07) is 11.1. The van der Waals surface area contributed by atoms with Gasteiger partial charge in [0.2, 0.25) is 5.54 Å². The number of amides is 2. The van der Waals surface area contributed by atoms with Gasteiger partial charge in [-0.25, -0.2) is 4.79 Å². The van der Waals surface area contributed by atoms with Crippen molar-refractivity contribution >= 4 is 23.3 Å². The Morgan fingerprint density at radius 2 is 1.79 bits per heavy atom. The second-order valence-electron chi connectivity index (χ2n) is 5.13. The smallest absolute Gasteiger partial charge is 0.310 e. The molecule has 2 amide bonds. The maximum absolute atomic E-state index is 13.9. The number of anilines is 1. The van der Waals surface area contributed by atoms with Crippen LogP contribution in [0.5, 0.6) is 0 Å². The minimum absolute atomic E-state index is 0.0165. The number of hydrogen-bond donors (Lipinski definition) is 2. The highest BCUT2D eigenvalue weighted by molar-refractivity contribution is 6.30. The van der Waals surface area contributed by atoms with E-state index in [1.54, 1.807) is 30.3 Å². The fourth-order valence-electron chi connectivity index (χ4n) is 2.41. The van der Waals surface area contributed by atoms with Crippen LogP contribution in [0.25, 0.3) is 0 Å². The molecule has 0 saturated carbocycles. The van der Waals surface area contributed by atoms with Crippen molar-refractivity contribution in [1.29, 1.82) is 0 Å². The van der Waals surface area contributed by atoms with Crippen LogP contribution in [0.1, 0.15) is 11.1 Å². The predicted octanol–water partition coefficient (Wildman–Crippen LogP) is 4.28. The zero-order valence-electron chi connectivity index (χ0n) is 12.0. The molecule has 2 aromatic rings. The number of carbonyl (C=O) groups excluding carboxylic acids is 1. The van der Waals surface area contributed by atoms with Crippen LogP contribution in [0, 0.1) is 11.8 Å². The van der Waals surface area contributed by atoms with Gasteiger partial charge in [-0.2, -0.15) is 13.2 Å². The summed E-state index contributed by atoms with van der Waals surface area (Å²) in [5.74, 6) is 4.69. The molecule has 3 rings (SSSR count). The van der Waals surface area contributed by atoms with Crippen LogP contribution in [0.15, 0.2) is 48.5 Å². The van der Waals surface area contributed by atoms with E-state index in [1.165, 1.54) is 12.1 Å². The summed E-state index contributed by atoms with van der Waals surface area (Å²) in [4.78, 5) is 11.8. The van der Waals surface area contributed by atoms with Crippen molar-refractivity contribution in [3.63, 3.8) is 0 Å². The molecule has 0 saturated heterocycles. The van der Waals surface area contributed by atoms with Crippen molar-refractivity contribution < 1.29 is 18.0 Å². The number of urea groups is 1. The Kier molecular flexibility index (Phi) is 3.90. The normalized spacial score (nSPS) is 19.4. The van der Waals surface area contributed by atoms with Crippen molar-refractivity contribution in [2.45, 2.75) is 11.7 Å². The predicted molar refractivity (Wildman–Crippen MR) is 84.7 cm³/mol. The number of fused-ring (bicyclic) bond motifs is 1. The summed E-state index contributed by atoms with van der Waals surface area (Å²) >= 11 is 5.85. The molecule has 1 atom stereocenters. The van der Waals surface area contributed by atoms with E-state index in [0.717, 1.165) is 6.07 Å². The van der Waals surface area contributed by atoms with Gasteiger partial charge >= 0.3 is 12.2 Å². The van der Waals surface area contributed by atoms with Crippen LogP contribution in [-0.4, -0.2) is 12.2 Å². The van der Waals surface area contributed by atoms with Gasteiger partial charge in [0.15, 0.2) is 0 Å². The number of rotatable bonds is 0. The summed E-state index contributed by atoms with van der Waals surface area (Å²) in [5, 5.41) is 4.36. The number of halogens is 4. The third-order valence-electron chi connectivity index (χ3n) is 3.53. The highest BCUT2D eigenvalue weighted by atomic mass is 35.5. The lowest BCUT2D eigenvalue weighted by Crippen LogP contribution is -2.59. The van der Waals surface area contributed by atoms with Gasteiger partial charge in [0.25, 0.3) is 0 Å². The molecular weight excluding hydrogens is 341 g/mol. The van der Waals surface area contributed by atoms with Crippen LogP contribution in [0.4, 0.5) is 23.7 Å². The first-order chi connectivity index (χ1) is 11.3. The molecule has 7 heteroatoms. The number of alkyl halides is 3. The van der Waals surface area contributed by atoms with Gasteiger partial charge in [-0.05, 0) is 30.3 Å². The van der Waals surface area contributed by atoms with E-state index in [2.05, 4.69) is 17.2 Å². The average molecular weight is 351 g/mol. The van der Waals surface area contributed by atoms with E-state index >= 15 is 0 Å². The third-order valence-corrected chi connectivity index (χ3v) is 3.76. The van der Waals surface area contributed by atoms with Gasteiger partial charge in [-0.1, -0.05) is 41.6 Å². The van der Waals surface area contributed by atoms with E-state index in [4.69, 9.17) is 11.6 Å². The first kappa shape index (κ1) is 16.2. The Labute approximate surface area is 140 Å². The maximum atomic E-state index is 13.9. The molecule has 1 heterocycles. The summed E-state index contributed by atoms with van der Waals surface area (Å²) in [6.07, 6.45) is -4.84. The third kappa shape index (κ3) is 2.79. The summed E-state index contributed by atoms with van der Waals surface area (Å²) < 4.78 is 41.7. The zero-order valence-corrected chi connectivity index (χ0v) is 12.8. The van der Waals surface area contributed by atoms with E-state index < -0.39 is 17.7 Å². The highest BCUT2D eigenvalue weighted by Gasteiger charge is 2.59. The Bertz CT molecular complexity index is 856. The lowest BCUT2D eigenvalue weighted by Gasteiger charge is -2.37. The molecule has 2 aromatic carbocycles. The molecular formula is C17H10ClF3N2O. The molecule has 0 aliphatic carbocycles. The first-order valence-electron chi connectivity index (χ1n) is 6.86. The summed E-state index contributed by atoms with van der Waals surface area (Å²) in [5.41, 5.74) is -2.67. The Morgan fingerprint density at radius 3 is 2.46 bits per heavy atom. The molecule has 3 nitrogen and oxygen atoms in total. The lowest BCUT2D eigenvalue weighted by atomic mass is 9.86. The SMILES string of the molecule is O=C1Nc2ccc(Cl)cc2[C@@](C#Cc2ccccc2)(C(F)(F)F)N1. The molecule has 0 spiro atoms. The molecule has 122 valence electrons. The van der Waals surface area contributed by atoms with E-state index in [1.807, 2.05) is 5.32 Å². The molecule has 24 heavy (non-hydrogen) atoms. The van der Waals surface area contributed by atoms with Crippen molar-refractivity contribution in [2.75, 3.05) is 5.32 Å². The standard InChI is InChI=1S/C17H10ClF3N2O/c18-12-6-7-14-13(10-12)16(17(19,20)21,23-15(24)22-14)9-8-11-4-2-1-3-5-11/h1-7,10H,(H2,22,23,24)/t16-/m0/s1. The number of carbonyl (C=O) groups is 1. The van der Waals surface area contributed by atoms with Gasteiger partial charge in [0, 0.05) is 21.8 Å². The highest BCUT2D eigenvalue weighted by Crippen LogP contribution is 2.44.